The number of aromatic nitrogens is 1. The summed E-state index contributed by atoms with van der Waals surface area (Å²) in [5, 5.41) is 8.46. The maximum atomic E-state index is 12.6. The number of nitrogens with zero attached hydrogens (tertiary/aromatic N) is 2. The van der Waals surface area contributed by atoms with Crippen molar-refractivity contribution >= 4 is 11.8 Å². The van der Waals surface area contributed by atoms with Crippen LogP contribution >= 0.6 is 0 Å². The summed E-state index contributed by atoms with van der Waals surface area (Å²) < 4.78 is 0. The Morgan fingerprint density at radius 3 is 2.76 bits per heavy atom. The molecule has 0 fully saturated rings. The molecule has 0 saturated carbocycles. The van der Waals surface area contributed by atoms with Crippen molar-refractivity contribution in [1.82, 2.24) is 15.4 Å². The van der Waals surface area contributed by atoms with Crippen molar-refractivity contribution in [3.05, 3.63) is 53.9 Å². The molecule has 2 aromatic rings. The number of benzene rings is 1. The molecule has 0 bridgehead atoms. The fraction of sp³-hybridized carbons (Fsp3) is 0.316. The first kappa shape index (κ1) is 17.1. The Balaban J connectivity index is 1.63. The highest BCUT2D eigenvalue weighted by atomic mass is 16.5. The summed E-state index contributed by atoms with van der Waals surface area (Å²) in [6.07, 6.45) is 6.22. The Morgan fingerprint density at radius 1 is 1.16 bits per heavy atom. The van der Waals surface area contributed by atoms with E-state index in [2.05, 4.69) is 4.98 Å². The van der Waals surface area contributed by atoms with Crippen molar-refractivity contribution in [3.63, 3.8) is 0 Å². The lowest BCUT2D eigenvalue weighted by Crippen LogP contribution is -2.25. The average Bonchev–Trinajstić information content (AvgIpc) is 2.98. The van der Waals surface area contributed by atoms with E-state index in [1.807, 2.05) is 41.4 Å². The van der Waals surface area contributed by atoms with Crippen LogP contribution in [0.15, 0.2) is 42.7 Å². The number of carbonyl (C=O) groups excluding carboxylic acids is 2. The second kappa shape index (κ2) is 7.90. The predicted octanol–water partition coefficient (Wildman–Crippen LogP) is 2.77. The quantitative estimate of drug-likeness (QED) is 0.462. The topological polar surface area (TPSA) is 82.5 Å². The number of hydroxylamine groups is 1. The number of amides is 2. The highest BCUT2D eigenvalue weighted by molar-refractivity contribution is 6.00. The molecule has 130 valence electrons. The van der Waals surface area contributed by atoms with Crippen LogP contribution in [0.25, 0.3) is 11.1 Å². The number of rotatable bonds is 7. The minimum absolute atomic E-state index is 0.0637. The number of fused-ring (bicyclic) bond motifs is 1. The lowest BCUT2D eigenvalue weighted by Gasteiger charge is -2.15. The Labute approximate surface area is 146 Å². The van der Waals surface area contributed by atoms with Gasteiger partial charge in [0.1, 0.15) is 0 Å². The Morgan fingerprint density at radius 2 is 2.00 bits per heavy atom. The van der Waals surface area contributed by atoms with Gasteiger partial charge in [0.25, 0.3) is 5.91 Å². The molecule has 1 aromatic carbocycles. The van der Waals surface area contributed by atoms with E-state index >= 15 is 0 Å². The van der Waals surface area contributed by atoms with Crippen molar-refractivity contribution in [1.29, 1.82) is 0 Å². The summed E-state index contributed by atoms with van der Waals surface area (Å²) in [7, 11) is 0. The number of hydrogen-bond acceptors (Lipinski definition) is 4. The standard InChI is InChI=1S/C19H21N3O3/c23-18(21-25)9-2-1-3-11-22-13-17-15(14-6-5-10-20-12-14)7-4-8-16(17)19(22)24/h4-8,10,12,25H,1-3,9,11,13H2,(H,21,23). The minimum atomic E-state index is -0.370. The van der Waals surface area contributed by atoms with Gasteiger partial charge in [0.2, 0.25) is 5.91 Å². The van der Waals surface area contributed by atoms with Crippen LogP contribution < -0.4 is 5.48 Å². The van der Waals surface area contributed by atoms with E-state index in [1.165, 1.54) is 0 Å². The average molecular weight is 339 g/mol. The van der Waals surface area contributed by atoms with Crippen molar-refractivity contribution in [2.24, 2.45) is 0 Å². The van der Waals surface area contributed by atoms with Crippen LogP contribution in [0.4, 0.5) is 0 Å². The van der Waals surface area contributed by atoms with Crippen LogP contribution in [0.3, 0.4) is 0 Å². The van der Waals surface area contributed by atoms with Crippen LogP contribution in [-0.2, 0) is 11.3 Å². The molecule has 3 rings (SSSR count). The van der Waals surface area contributed by atoms with Gasteiger partial charge >= 0.3 is 0 Å². The van der Waals surface area contributed by atoms with E-state index in [1.54, 1.807) is 11.7 Å². The predicted molar refractivity (Wildman–Crippen MR) is 92.8 cm³/mol. The maximum Gasteiger partial charge on any atom is 0.254 e. The molecule has 0 radical (unpaired) electrons. The molecule has 2 N–H and O–H groups in total. The fourth-order valence-corrected chi connectivity index (χ4v) is 3.18. The molecule has 6 heteroatoms. The lowest BCUT2D eigenvalue weighted by molar-refractivity contribution is -0.129. The van der Waals surface area contributed by atoms with Crippen LogP contribution in [0.5, 0.6) is 0 Å². The first-order valence-corrected chi connectivity index (χ1v) is 8.45. The number of pyridine rings is 1. The van der Waals surface area contributed by atoms with Gasteiger partial charge in [0.15, 0.2) is 0 Å². The molecule has 0 spiro atoms. The number of nitrogens with one attached hydrogen (secondary N) is 1. The normalized spacial score (nSPS) is 13.0. The molecular weight excluding hydrogens is 318 g/mol. The second-order valence-electron chi connectivity index (χ2n) is 6.15. The van der Waals surface area contributed by atoms with Gasteiger partial charge in [-0.2, -0.15) is 0 Å². The summed E-state index contributed by atoms with van der Waals surface area (Å²) >= 11 is 0. The number of carbonyl (C=O) groups is 2. The van der Waals surface area contributed by atoms with Gasteiger partial charge in [-0.3, -0.25) is 19.8 Å². The molecule has 1 aromatic heterocycles. The van der Waals surface area contributed by atoms with Gasteiger partial charge < -0.3 is 4.90 Å². The number of hydrogen-bond donors (Lipinski definition) is 2. The molecule has 2 amide bonds. The third-order valence-corrected chi connectivity index (χ3v) is 4.47. The molecule has 1 aliphatic heterocycles. The van der Waals surface area contributed by atoms with Gasteiger partial charge in [-0.1, -0.05) is 24.6 Å². The summed E-state index contributed by atoms with van der Waals surface area (Å²) in [5.41, 5.74) is 5.52. The van der Waals surface area contributed by atoms with E-state index in [0.717, 1.165) is 35.1 Å². The van der Waals surface area contributed by atoms with Crippen LogP contribution in [0.2, 0.25) is 0 Å². The molecule has 1 aliphatic rings. The van der Waals surface area contributed by atoms with E-state index in [9.17, 15) is 9.59 Å². The largest absolute Gasteiger partial charge is 0.334 e. The van der Waals surface area contributed by atoms with E-state index in [0.29, 0.717) is 25.9 Å². The first-order valence-electron chi connectivity index (χ1n) is 8.45. The first-order chi connectivity index (χ1) is 12.2. The smallest absolute Gasteiger partial charge is 0.254 e. The van der Waals surface area contributed by atoms with Crippen molar-refractivity contribution in [3.8, 4) is 11.1 Å². The van der Waals surface area contributed by atoms with E-state index in [-0.39, 0.29) is 11.8 Å². The number of unbranched alkanes of at least 4 members (excludes halogenated alkanes) is 2. The molecule has 0 unspecified atom stereocenters. The summed E-state index contributed by atoms with van der Waals surface area (Å²) in [4.78, 5) is 29.6. The second-order valence-corrected chi connectivity index (χ2v) is 6.15. The third kappa shape index (κ3) is 3.85. The zero-order valence-corrected chi connectivity index (χ0v) is 13.9. The van der Waals surface area contributed by atoms with Gasteiger partial charge in [-0.05, 0) is 36.1 Å². The Hall–Kier alpha value is -2.73. The minimum Gasteiger partial charge on any atom is -0.334 e. The SMILES string of the molecule is O=C(CCCCCN1Cc2c(cccc2-c2cccnc2)C1=O)NO. The zero-order chi connectivity index (χ0) is 17.6. The molecule has 25 heavy (non-hydrogen) atoms. The van der Waals surface area contributed by atoms with Crippen LogP contribution in [0.1, 0.15) is 41.6 Å². The summed E-state index contributed by atoms with van der Waals surface area (Å²) in [5.74, 6) is -0.306. The highest BCUT2D eigenvalue weighted by Gasteiger charge is 2.28. The van der Waals surface area contributed by atoms with Crippen molar-refractivity contribution in [2.75, 3.05) is 6.54 Å². The summed E-state index contributed by atoms with van der Waals surface area (Å²) in [6.45, 7) is 1.27. The monoisotopic (exact) mass is 339 g/mol. The van der Waals surface area contributed by atoms with Crippen molar-refractivity contribution < 1.29 is 14.8 Å². The van der Waals surface area contributed by atoms with Crippen LogP contribution in [-0.4, -0.2) is 33.5 Å². The lowest BCUT2D eigenvalue weighted by atomic mass is 9.98. The third-order valence-electron chi connectivity index (χ3n) is 4.47. The maximum absolute atomic E-state index is 12.6. The fourth-order valence-electron chi connectivity index (χ4n) is 3.18. The van der Waals surface area contributed by atoms with Gasteiger partial charge in [0, 0.05) is 43.0 Å². The van der Waals surface area contributed by atoms with Crippen molar-refractivity contribution in [2.45, 2.75) is 32.2 Å². The van der Waals surface area contributed by atoms with Gasteiger partial charge in [-0.15, -0.1) is 0 Å². The highest BCUT2D eigenvalue weighted by Crippen LogP contribution is 2.32. The summed E-state index contributed by atoms with van der Waals surface area (Å²) in [6, 6.07) is 9.72. The van der Waals surface area contributed by atoms with E-state index < -0.39 is 0 Å². The molecule has 0 aliphatic carbocycles. The molecule has 6 nitrogen and oxygen atoms in total. The molecule has 0 atom stereocenters. The molecular formula is C19H21N3O3. The van der Waals surface area contributed by atoms with E-state index in [4.69, 9.17) is 5.21 Å². The van der Waals surface area contributed by atoms with Crippen LogP contribution in [0, 0.1) is 0 Å². The zero-order valence-electron chi connectivity index (χ0n) is 13.9. The molecule has 2 heterocycles. The molecule has 0 saturated heterocycles. The Bertz CT molecular complexity index is 762. The van der Waals surface area contributed by atoms with Gasteiger partial charge in [-0.25, -0.2) is 5.48 Å². The van der Waals surface area contributed by atoms with Gasteiger partial charge in [0.05, 0.1) is 0 Å². The Kier molecular flexibility index (Phi) is 5.40.